The van der Waals surface area contributed by atoms with Crippen molar-refractivity contribution in [2.24, 2.45) is 11.7 Å². The van der Waals surface area contributed by atoms with E-state index in [0.717, 1.165) is 6.42 Å². The van der Waals surface area contributed by atoms with Gasteiger partial charge in [0, 0.05) is 29.0 Å². The van der Waals surface area contributed by atoms with Crippen molar-refractivity contribution in [3.63, 3.8) is 0 Å². The van der Waals surface area contributed by atoms with Gasteiger partial charge in [-0.2, -0.15) is 0 Å². The molecule has 0 saturated heterocycles. The van der Waals surface area contributed by atoms with Crippen molar-refractivity contribution in [2.45, 2.75) is 13.3 Å². The quantitative estimate of drug-likeness (QED) is 0.213. The van der Waals surface area contributed by atoms with Crippen molar-refractivity contribution in [1.29, 1.82) is 0 Å². The Labute approximate surface area is 70.4 Å². The van der Waals surface area contributed by atoms with E-state index in [-0.39, 0.29) is 22.4 Å². The number of hydrogen-bond acceptors (Lipinski definition) is 4. The fourth-order valence-corrected chi connectivity index (χ4v) is 0.144. The van der Waals surface area contributed by atoms with Crippen LogP contribution in [-0.2, 0) is 31.9 Å². The molecule has 0 aliphatic heterocycles. The van der Waals surface area contributed by atoms with Gasteiger partial charge in [0.15, 0.2) is 0 Å². The summed E-state index contributed by atoms with van der Waals surface area (Å²) in [7, 11) is 0. The van der Waals surface area contributed by atoms with Crippen LogP contribution in [-0.4, -0.2) is 13.1 Å². The molecule has 0 atom stereocenters. The molecule has 0 heterocycles. The van der Waals surface area contributed by atoms with E-state index >= 15 is 0 Å². The fourth-order valence-electron chi connectivity index (χ4n) is 0.144. The Bertz CT molecular complexity index is 45.5. The van der Waals surface area contributed by atoms with E-state index in [1.165, 1.54) is 6.47 Å². The Morgan fingerprint density at radius 2 is 2.00 bits per heavy atom. The smallest absolute Gasteiger partial charge is 0.0477 e. The number of nitrogens with two attached hydrogens (primary N) is 2. The van der Waals surface area contributed by atoms with Gasteiger partial charge in [0.2, 0.25) is 0 Å². The normalized spacial score (nSPS) is 5.67. The summed E-state index contributed by atoms with van der Waals surface area (Å²) in [4.78, 5) is 9.22. The van der Waals surface area contributed by atoms with Gasteiger partial charge in [0.1, 0.15) is 0 Å². The summed E-state index contributed by atoms with van der Waals surface area (Å²) in [5.74, 6) is 8.00. The standard InChI is InChI=1S/C4H7O2.H4N2.Nb/c1-2-3-6-4-5;1-2;/h2-3H2,1H3;1-2H2;/q-1;;. The van der Waals surface area contributed by atoms with Crippen LogP contribution in [0.25, 0.3) is 0 Å². The minimum absolute atomic E-state index is 0. The Balaban J connectivity index is -0.000000109. The summed E-state index contributed by atoms with van der Waals surface area (Å²) in [5, 5.41) is 0. The molecule has 0 aromatic rings. The molecule has 0 aliphatic carbocycles. The molecule has 5 heteroatoms. The summed E-state index contributed by atoms with van der Waals surface area (Å²) in [6, 6.07) is 0. The van der Waals surface area contributed by atoms with E-state index in [1.807, 2.05) is 6.92 Å². The number of hydrogen-bond donors (Lipinski definition) is 2. The van der Waals surface area contributed by atoms with Crippen molar-refractivity contribution in [2.75, 3.05) is 6.61 Å². The molecule has 0 aromatic carbocycles. The maximum absolute atomic E-state index is 9.22. The van der Waals surface area contributed by atoms with E-state index in [0.29, 0.717) is 6.61 Å². The van der Waals surface area contributed by atoms with E-state index in [1.54, 1.807) is 0 Å². The third-order valence-electron chi connectivity index (χ3n) is 0.365. The molecule has 0 saturated carbocycles. The monoisotopic (exact) mass is 212 g/mol. The molecule has 0 unspecified atom stereocenters. The predicted molar refractivity (Wildman–Crippen MR) is 30.3 cm³/mol. The van der Waals surface area contributed by atoms with Crippen LogP contribution in [0.15, 0.2) is 0 Å². The first-order valence-corrected chi connectivity index (χ1v) is 2.24. The minimum Gasteiger partial charge on any atom is -0.653 e. The third-order valence-corrected chi connectivity index (χ3v) is 0.365. The van der Waals surface area contributed by atoms with Gasteiger partial charge in [-0.25, -0.2) is 0 Å². The molecular formula is C4H11N2NbO2-. The first kappa shape index (κ1) is 16.1. The van der Waals surface area contributed by atoms with Gasteiger partial charge in [0.25, 0.3) is 0 Å². The average molecular weight is 212 g/mol. The van der Waals surface area contributed by atoms with E-state index < -0.39 is 0 Å². The van der Waals surface area contributed by atoms with Crippen molar-refractivity contribution in [3.05, 3.63) is 0 Å². The van der Waals surface area contributed by atoms with Crippen molar-refractivity contribution >= 4 is 6.47 Å². The van der Waals surface area contributed by atoms with Crippen molar-refractivity contribution < 1.29 is 31.9 Å². The van der Waals surface area contributed by atoms with E-state index in [9.17, 15) is 4.79 Å². The SMILES string of the molecule is CCCO[C-]=O.NN.[Nb]. The zero-order valence-corrected chi connectivity index (χ0v) is 7.53. The maximum Gasteiger partial charge on any atom is 0.0477 e. The Morgan fingerprint density at radius 1 is 1.56 bits per heavy atom. The van der Waals surface area contributed by atoms with Crippen LogP contribution in [0.3, 0.4) is 0 Å². The van der Waals surface area contributed by atoms with Crippen LogP contribution < -0.4 is 11.7 Å². The zero-order valence-electron chi connectivity index (χ0n) is 5.33. The molecule has 0 rings (SSSR count). The first-order valence-electron chi connectivity index (χ1n) is 2.24. The van der Waals surface area contributed by atoms with Crippen LogP contribution in [0.4, 0.5) is 0 Å². The van der Waals surface area contributed by atoms with Crippen molar-refractivity contribution in [3.8, 4) is 0 Å². The van der Waals surface area contributed by atoms with Gasteiger partial charge in [-0.05, 0) is 6.42 Å². The Hall–Kier alpha value is 0.130. The Kier molecular flexibility index (Phi) is 43.2. The molecule has 4 nitrogen and oxygen atoms in total. The largest absolute Gasteiger partial charge is 0.653 e. The molecule has 0 aliphatic rings. The van der Waals surface area contributed by atoms with Gasteiger partial charge in [-0.3, -0.25) is 11.7 Å². The molecule has 0 spiro atoms. The molecule has 0 bridgehead atoms. The van der Waals surface area contributed by atoms with E-state index in [4.69, 9.17) is 0 Å². The number of carbonyl (C=O) groups excluding carboxylic acids is 1. The summed E-state index contributed by atoms with van der Waals surface area (Å²) < 4.78 is 4.18. The number of ether oxygens (including phenoxy) is 1. The summed E-state index contributed by atoms with van der Waals surface area (Å²) in [6.45, 7) is 3.74. The van der Waals surface area contributed by atoms with Gasteiger partial charge >= 0.3 is 0 Å². The fraction of sp³-hybridized carbons (Fsp3) is 0.750. The second-order valence-electron chi connectivity index (χ2n) is 0.932. The molecule has 0 amide bonds. The van der Waals surface area contributed by atoms with Crippen molar-refractivity contribution in [1.82, 2.24) is 0 Å². The zero-order chi connectivity index (χ0) is 6.83. The second-order valence-corrected chi connectivity index (χ2v) is 0.932. The summed E-state index contributed by atoms with van der Waals surface area (Å²) in [5.41, 5.74) is 0. The molecular weight excluding hydrogens is 201 g/mol. The first-order chi connectivity index (χ1) is 3.91. The summed E-state index contributed by atoms with van der Waals surface area (Å²) >= 11 is 0. The van der Waals surface area contributed by atoms with Gasteiger partial charge in [-0.15, -0.1) is 0 Å². The molecule has 0 fully saturated rings. The number of rotatable bonds is 3. The topological polar surface area (TPSA) is 78.3 Å². The molecule has 1 radical (unpaired) electrons. The van der Waals surface area contributed by atoms with Crippen LogP contribution in [0, 0.1) is 0 Å². The molecule has 4 N–H and O–H groups in total. The predicted octanol–water partition coefficient (Wildman–Crippen LogP) is -0.704. The maximum atomic E-state index is 9.22. The summed E-state index contributed by atoms with van der Waals surface area (Å²) in [6.07, 6.45) is 0.870. The second kappa shape index (κ2) is 24.2. The van der Waals surface area contributed by atoms with Gasteiger partial charge in [-0.1, -0.05) is 13.4 Å². The van der Waals surface area contributed by atoms with Crippen LogP contribution in [0.1, 0.15) is 13.3 Å². The minimum atomic E-state index is 0. The van der Waals surface area contributed by atoms with E-state index in [2.05, 4.69) is 16.4 Å². The number of hydrazine groups is 1. The molecule has 9 heavy (non-hydrogen) atoms. The Morgan fingerprint density at radius 3 is 2.11 bits per heavy atom. The average Bonchev–Trinajstić information content (AvgIpc) is 1.88. The van der Waals surface area contributed by atoms with Crippen LogP contribution in [0.2, 0.25) is 0 Å². The van der Waals surface area contributed by atoms with Crippen LogP contribution >= 0.6 is 0 Å². The molecule has 0 aromatic heterocycles. The van der Waals surface area contributed by atoms with Gasteiger partial charge in [0.05, 0.1) is 0 Å². The van der Waals surface area contributed by atoms with Crippen LogP contribution in [0.5, 0.6) is 0 Å². The third kappa shape index (κ3) is 31.2. The molecule has 55 valence electrons. The van der Waals surface area contributed by atoms with Gasteiger partial charge < -0.3 is 9.53 Å².